The van der Waals surface area contributed by atoms with Gasteiger partial charge in [-0.25, -0.2) is 4.42 Å². The monoisotopic (exact) mass is 257 g/mol. The van der Waals surface area contributed by atoms with Crippen molar-refractivity contribution in [2.75, 3.05) is 0 Å². The maximum absolute atomic E-state index is 5.93. The van der Waals surface area contributed by atoms with Gasteiger partial charge in [0.25, 0.3) is 0 Å². The quantitative estimate of drug-likeness (QED) is 0.557. The van der Waals surface area contributed by atoms with Crippen LogP contribution in [0.1, 0.15) is 31.3 Å². The molecule has 92 valence electrons. The van der Waals surface area contributed by atoms with Crippen molar-refractivity contribution in [3.05, 3.63) is 41.9 Å². The summed E-state index contributed by atoms with van der Waals surface area (Å²) in [7, 11) is 0. The fraction of sp³-hybridized carbons (Fsp3) is 0.312. The molecule has 1 nitrogen and oxygen atoms in total. The molecule has 0 aliphatic rings. The fourth-order valence-corrected chi connectivity index (χ4v) is 3.58. The van der Waals surface area contributed by atoms with Gasteiger partial charge in [0.15, 0.2) is 0 Å². The van der Waals surface area contributed by atoms with Crippen LogP contribution in [0.3, 0.4) is 0 Å². The highest BCUT2D eigenvalue weighted by Gasteiger charge is 2.19. The zero-order valence-electron chi connectivity index (χ0n) is 10.8. The molecule has 0 spiro atoms. The molecule has 0 saturated carbocycles. The Bertz CT molecular complexity index is 697. The van der Waals surface area contributed by atoms with Crippen LogP contribution in [0.25, 0.3) is 20.2 Å². The standard InChI is InChI=1S/C16H17OS/c1-3-4-8-14-16-13(10-11(2)17-14)12-7-5-6-9-15(12)18-16/h5-7,9-10H,3-4,8H2,1-2H3/q+1. The molecule has 0 atom stereocenters. The first-order chi connectivity index (χ1) is 8.79. The first-order valence-electron chi connectivity index (χ1n) is 6.53. The molecule has 1 aromatic carbocycles. The van der Waals surface area contributed by atoms with Crippen molar-refractivity contribution < 1.29 is 4.42 Å². The molecule has 0 bridgehead atoms. The molecule has 3 rings (SSSR count). The van der Waals surface area contributed by atoms with Crippen molar-refractivity contribution in [1.82, 2.24) is 0 Å². The van der Waals surface area contributed by atoms with Crippen LogP contribution in [0.15, 0.2) is 34.7 Å². The van der Waals surface area contributed by atoms with Gasteiger partial charge in [-0.15, -0.1) is 11.3 Å². The van der Waals surface area contributed by atoms with E-state index in [0.717, 1.165) is 17.9 Å². The van der Waals surface area contributed by atoms with E-state index in [9.17, 15) is 0 Å². The Kier molecular flexibility index (Phi) is 3.04. The Morgan fingerprint density at radius 1 is 1.17 bits per heavy atom. The Balaban J connectivity index is 2.29. The van der Waals surface area contributed by atoms with Crippen LogP contribution >= 0.6 is 11.3 Å². The second kappa shape index (κ2) is 4.69. The number of benzene rings is 1. The van der Waals surface area contributed by atoms with E-state index in [1.165, 1.54) is 33.0 Å². The predicted molar refractivity (Wildman–Crippen MR) is 79.4 cm³/mol. The van der Waals surface area contributed by atoms with E-state index in [1.54, 1.807) is 0 Å². The number of fused-ring (bicyclic) bond motifs is 3. The average Bonchev–Trinajstić information content (AvgIpc) is 2.75. The summed E-state index contributed by atoms with van der Waals surface area (Å²) < 4.78 is 8.61. The van der Waals surface area contributed by atoms with Crippen molar-refractivity contribution >= 4 is 31.5 Å². The van der Waals surface area contributed by atoms with Gasteiger partial charge < -0.3 is 0 Å². The van der Waals surface area contributed by atoms with Gasteiger partial charge in [-0.1, -0.05) is 31.5 Å². The summed E-state index contributed by atoms with van der Waals surface area (Å²) in [5.74, 6) is 2.17. The zero-order chi connectivity index (χ0) is 12.5. The summed E-state index contributed by atoms with van der Waals surface area (Å²) in [6, 6.07) is 10.8. The lowest BCUT2D eigenvalue weighted by molar-refractivity contribution is 0.467. The van der Waals surface area contributed by atoms with Crippen LogP contribution in [-0.4, -0.2) is 0 Å². The van der Waals surface area contributed by atoms with E-state index in [-0.39, 0.29) is 0 Å². The lowest BCUT2D eigenvalue weighted by atomic mass is 10.1. The predicted octanol–water partition coefficient (Wildman–Crippen LogP) is 5.58. The Labute approximate surface area is 111 Å². The van der Waals surface area contributed by atoms with Crippen LogP contribution in [0.2, 0.25) is 0 Å². The molecule has 3 aromatic rings. The maximum Gasteiger partial charge on any atom is 0.347 e. The van der Waals surface area contributed by atoms with Gasteiger partial charge in [0.2, 0.25) is 0 Å². The van der Waals surface area contributed by atoms with Gasteiger partial charge in [-0.05, 0) is 12.5 Å². The third kappa shape index (κ3) is 1.91. The molecule has 0 saturated heterocycles. The number of thiophene rings is 1. The molecule has 0 aliphatic heterocycles. The number of hydrogen-bond acceptors (Lipinski definition) is 1. The van der Waals surface area contributed by atoms with Crippen LogP contribution in [0, 0.1) is 6.92 Å². The van der Waals surface area contributed by atoms with Gasteiger partial charge in [0, 0.05) is 21.5 Å². The molecule has 18 heavy (non-hydrogen) atoms. The third-order valence-corrected chi connectivity index (χ3v) is 4.50. The van der Waals surface area contributed by atoms with E-state index < -0.39 is 0 Å². The Morgan fingerprint density at radius 2 is 2.00 bits per heavy atom. The largest absolute Gasteiger partial charge is 0.347 e. The molecular weight excluding hydrogens is 240 g/mol. The van der Waals surface area contributed by atoms with E-state index in [2.05, 4.69) is 37.3 Å². The molecule has 2 heteroatoms. The molecular formula is C16H17OS+. The Morgan fingerprint density at radius 3 is 2.83 bits per heavy atom. The highest BCUT2D eigenvalue weighted by molar-refractivity contribution is 7.26. The minimum absolute atomic E-state index is 1.01. The maximum atomic E-state index is 5.93. The van der Waals surface area contributed by atoms with Crippen molar-refractivity contribution in [2.24, 2.45) is 0 Å². The van der Waals surface area contributed by atoms with Gasteiger partial charge >= 0.3 is 11.5 Å². The van der Waals surface area contributed by atoms with Crippen LogP contribution in [0.5, 0.6) is 0 Å². The number of aryl methyl sites for hydroxylation is 2. The minimum atomic E-state index is 1.01. The summed E-state index contributed by atoms with van der Waals surface area (Å²) in [6.45, 7) is 4.26. The summed E-state index contributed by atoms with van der Waals surface area (Å²) in [5, 5.41) is 2.71. The van der Waals surface area contributed by atoms with Crippen molar-refractivity contribution in [3.63, 3.8) is 0 Å². The minimum Gasteiger partial charge on any atom is -0.217 e. The first-order valence-corrected chi connectivity index (χ1v) is 7.35. The van der Waals surface area contributed by atoms with Gasteiger partial charge in [0.05, 0.1) is 13.3 Å². The van der Waals surface area contributed by atoms with Crippen LogP contribution in [0.4, 0.5) is 0 Å². The summed E-state index contributed by atoms with van der Waals surface area (Å²) in [5.41, 5.74) is 0. The number of hydrogen-bond donors (Lipinski definition) is 0. The van der Waals surface area contributed by atoms with Crippen molar-refractivity contribution in [3.8, 4) is 0 Å². The van der Waals surface area contributed by atoms with E-state index in [4.69, 9.17) is 4.42 Å². The fourth-order valence-electron chi connectivity index (χ4n) is 2.39. The highest BCUT2D eigenvalue weighted by Crippen LogP contribution is 2.37. The topological polar surface area (TPSA) is 11.3 Å². The van der Waals surface area contributed by atoms with E-state index in [1.807, 2.05) is 18.3 Å². The molecule has 0 radical (unpaired) electrons. The smallest absolute Gasteiger partial charge is 0.217 e. The lowest BCUT2D eigenvalue weighted by Crippen LogP contribution is -1.86. The van der Waals surface area contributed by atoms with Gasteiger partial charge in [-0.2, -0.15) is 0 Å². The van der Waals surface area contributed by atoms with Crippen LogP contribution in [-0.2, 0) is 6.42 Å². The number of unbranched alkanes of at least 4 members (excludes halogenated alkanes) is 1. The first kappa shape index (κ1) is 11.7. The van der Waals surface area contributed by atoms with Gasteiger partial charge in [0.1, 0.15) is 4.70 Å². The molecule has 2 aromatic heterocycles. The molecule has 2 heterocycles. The van der Waals surface area contributed by atoms with Crippen LogP contribution < -0.4 is 0 Å². The Hall–Kier alpha value is -1.41. The summed E-state index contributed by atoms with van der Waals surface area (Å²) in [6.07, 6.45) is 3.44. The second-order valence-corrected chi connectivity index (χ2v) is 5.78. The number of rotatable bonds is 3. The molecule has 0 unspecified atom stereocenters. The van der Waals surface area contributed by atoms with E-state index >= 15 is 0 Å². The molecule has 0 N–H and O–H groups in total. The van der Waals surface area contributed by atoms with Crippen molar-refractivity contribution in [2.45, 2.75) is 33.1 Å². The lowest BCUT2D eigenvalue weighted by Gasteiger charge is -1.93. The molecule has 0 fully saturated rings. The summed E-state index contributed by atoms with van der Waals surface area (Å²) >= 11 is 1.85. The normalized spacial score (nSPS) is 11.4. The SMILES string of the molecule is CCCCc1[o+]c(C)cc2c1sc1ccccc12. The second-order valence-electron chi connectivity index (χ2n) is 4.72. The molecule has 0 aliphatic carbocycles. The van der Waals surface area contributed by atoms with Gasteiger partial charge in [-0.3, -0.25) is 0 Å². The highest BCUT2D eigenvalue weighted by atomic mass is 32.1. The van der Waals surface area contributed by atoms with Crippen molar-refractivity contribution in [1.29, 1.82) is 0 Å². The van der Waals surface area contributed by atoms with E-state index in [0.29, 0.717) is 0 Å². The average molecular weight is 257 g/mol. The molecule has 0 amide bonds. The summed E-state index contributed by atoms with van der Waals surface area (Å²) in [4.78, 5) is 0. The zero-order valence-corrected chi connectivity index (χ0v) is 11.6. The third-order valence-electron chi connectivity index (χ3n) is 3.28.